The molecule has 2 aliphatic rings. The van der Waals surface area contributed by atoms with Crippen LogP contribution in [0.25, 0.3) is 11.4 Å². The third-order valence-electron chi connectivity index (χ3n) is 6.26. The van der Waals surface area contributed by atoms with E-state index < -0.39 is 0 Å². The largest absolute Gasteiger partial charge is 0.486 e. The van der Waals surface area contributed by atoms with Crippen molar-refractivity contribution in [2.45, 2.75) is 43.0 Å². The first-order valence-electron chi connectivity index (χ1n) is 11.5. The number of amides is 1. The number of aromatic nitrogens is 3. The second-order valence-corrected chi connectivity index (χ2v) is 10.0. The van der Waals surface area contributed by atoms with Crippen molar-refractivity contribution in [3.8, 4) is 22.9 Å². The molecule has 1 atom stereocenters. The lowest BCUT2D eigenvalue weighted by Crippen LogP contribution is -2.42. The number of fused-ring (bicyclic) bond motifs is 1. The van der Waals surface area contributed by atoms with Gasteiger partial charge in [0.05, 0.1) is 17.3 Å². The molecular formula is C25H27ClN4O3S. The first-order valence-corrected chi connectivity index (χ1v) is 12.9. The Morgan fingerprint density at radius 2 is 1.85 bits per heavy atom. The molecule has 7 nitrogen and oxygen atoms in total. The fraction of sp³-hybridized carbons (Fsp3) is 0.400. The van der Waals surface area contributed by atoms with Crippen LogP contribution in [0.2, 0.25) is 5.02 Å². The normalized spacial score (nSPS) is 17.6. The minimum atomic E-state index is -0.206. The highest BCUT2D eigenvalue weighted by molar-refractivity contribution is 7.99. The Morgan fingerprint density at radius 3 is 2.65 bits per heavy atom. The number of halogens is 1. The fourth-order valence-corrected chi connectivity index (χ4v) is 5.66. The van der Waals surface area contributed by atoms with Gasteiger partial charge in [-0.1, -0.05) is 60.5 Å². The molecular weight excluding hydrogens is 472 g/mol. The van der Waals surface area contributed by atoms with E-state index in [0.717, 1.165) is 35.1 Å². The summed E-state index contributed by atoms with van der Waals surface area (Å²) >= 11 is 7.89. The summed E-state index contributed by atoms with van der Waals surface area (Å²) in [6, 6.07) is 15.6. The van der Waals surface area contributed by atoms with Gasteiger partial charge in [-0.25, -0.2) is 0 Å². The van der Waals surface area contributed by atoms with Gasteiger partial charge < -0.3 is 14.4 Å². The average molecular weight is 499 g/mol. The first-order chi connectivity index (χ1) is 16.6. The van der Waals surface area contributed by atoms with E-state index in [1.54, 1.807) is 11.9 Å². The van der Waals surface area contributed by atoms with Crippen LogP contribution >= 0.6 is 23.4 Å². The molecule has 34 heavy (non-hydrogen) atoms. The molecule has 1 fully saturated rings. The average Bonchev–Trinajstić information content (AvgIpc) is 3.52. The summed E-state index contributed by atoms with van der Waals surface area (Å²) in [6.07, 6.45) is 4.32. The van der Waals surface area contributed by atoms with E-state index in [4.69, 9.17) is 21.1 Å². The van der Waals surface area contributed by atoms with Crippen LogP contribution in [0.1, 0.15) is 31.7 Å². The summed E-state index contributed by atoms with van der Waals surface area (Å²) in [7, 11) is 1.80. The van der Waals surface area contributed by atoms with Gasteiger partial charge in [-0.3, -0.25) is 9.36 Å². The summed E-state index contributed by atoms with van der Waals surface area (Å²) in [6.45, 7) is 0.868. The maximum Gasteiger partial charge on any atom is 0.232 e. The standard InChI is InChI=1S/C25H27ClN4O3S/c1-29(14-18-15-32-21-12-6-7-13-22(21)33-18)23(31)16-34-25-28-27-24(19-10-4-5-11-20(19)26)30(25)17-8-2-3-9-17/h4-7,10-13,17-18H,2-3,8-9,14-16H2,1H3/t18-/m0/s1. The lowest BCUT2D eigenvalue weighted by atomic mass is 10.2. The van der Waals surface area contributed by atoms with Crippen LogP contribution in [-0.4, -0.2) is 57.6 Å². The van der Waals surface area contributed by atoms with Gasteiger partial charge in [-0.05, 0) is 37.1 Å². The lowest BCUT2D eigenvalue weighted by Gasteiger charge is -2.29. The van der Waals surface area contributed by atoms with E-state index in [2.05, 4.69) is 14.8 Å². The minimum Gasteiger partial charge on any atom is -0.486 e. The quantitative estimate of drug-likeness (QED) is 0.422. The van der Waals surface area contributed by atoms with Gasteiger partial charge in [0.25, 0.3) is 0 Å². The van der Waals surface area contributed by atoms with Crippen molar-refractivity contribution in [3.63, 3.8) is 0 Å². The highest BCUT2D eigenvalue weighted by Gasteiger charge is 2.27. The number of nitrogens with zero attached hydrogens (tertiary/aromatic N) is 4. The summed E-state index contributed by atoms with van der Waals surface area (Å²) in [4.78, 5) is 14.6. The highest BCUT2D eigenvalue weighted by Crippen LogP contribution is 2.38. The van der Waals surface area contributed by atoms with E-state index in [1.165, 1.54) is 24.6 Å². The Balaban J connectivity index is 1.26. The van der Waals surface area contributed by atoms with Crippen molar-refractivity contribution in [2.75, 3.05) is 26.0 Å². The predicted octanol–water partition coefficient (Wildman–Crippen LogP) is 5.10. The Labute approximate surface area is 208 Å². The third-order valence-corrected chi connectivity index (χ3v) is 7.52. The van der Waals surface area contributed by atoms with E-state index in [-0.39, 0.29) is 17.8 Å². The Kier molecular flexibility index (Phi) is 6.97. The lowest BCUT2D eigenvalue weighted by molar-refractivity contribution is -0.128. The van der Waals surface area contributed by atoms with Crippen LogP contribution < -0.4 is 9.47 Å². The van der Waals surface area contributed by atoms with Crippen molar-refractivity contribution < 1.29 is 14.3 Å². The number of hydrogen-bond donors (Lipinski definition) is 0. The summed E-state index contributed by atoms with van der Waals surface area (Å²) in [5.41, 5.74) is 0.869. The SMILES string of the molecule is CN(C[C@H]1COc2ccccc2O1)C(=O)CSc1nnc(-c2ccccc2Cl)n1C1CCCC1. The van der Waals surface area contributed by atoms with Crippen molar-refractivity contribution in [1.82, 2.24) is 19.7 Å². The summed E-state index contributed by atoms with van der Waals surface area (Å²) < 4.78 is 14.0. The molecule has 0 N–H and O–H groups in total. The third kappa shape index (κ3) is 4.88. The van der Waals surface area contributed by atoms with Crippen LogP contribution in [0.4, 0.5) is 0 Å². The molecule has 9 heteroatoms. The van der Waals surface area contributed by atoms with Gasteiger partial charge in [0.15, 0.2) is 28.6 Å². The number of benzene rings is 2. The number of ether oxygens (including phenoxy) is 2. The van der Waals surface area contributed by atoms with E-state index in [1.807, 2.05) is 48.5 Å². The van der Waals surface area contributed by atoms with Crippen LogP contribution in [0, 0.1) is 0 Å². The summed E-state index contributed by atoms with van der Waals surface area (Å²) in [5, 5.41) is 10.3. The maximum atomic E-state index is 12.9. The first kappa shape index (κ1) is 23.1. The van der Waals surface area contributed by atoms with Crippen molar-refractivity contribution >= 4 is 29.3 Å². The van der Waals surface area contributed by atoms with Crippen LogP contribution in [0.5, 0.6) is 11.5 Å². The number of carbonyl (C=O) groups excluding carboxylic acids is 1. The molecule has 2 aromatic carbocycles. The number of thioether (sulfide) groups is 1. The molecule has 0 saturated heterocycles. The van der Waals surface area contributed by atoms with Crippen molar-refractivity contribution in [3.05, 3.63) is 53.6 Å². The van der Waals surface area contributed by atoms with E-state index in [9.17, 15) is 4.79 Å². The smallest absolute Gasteiger partial charge is 0.232 e. The van der Waals surface area contributed by atoms with E-state index in [0.29, 0.717) is 30.0 Å². The number of carbonyl (C=O) groups is 1. The van der Waals surface area contributed by atoms with Crippen LogP contribution in [0.15, 0.2) is 53.7 Å². The second kappa shape index (κ2) is 10.3. The molecule has 178 valence electrons. The molecule has 0 spiro atoms. The molecule has 5 rings (SSSR count). The zero-order chi connectivity index (χ0) is 23.5. The van der Waals surface area contributed by atoms with Gasteiger partial charge in [-0.2, -0.15) is 0 Å². The molecule has 2 heterocycles. The molecule has 1 aliphatic carbocycles. The number of para-hydroxylation sites is 2. The number of rotatable bonds is 7. The highest BCUT2D eigenvalue weighted by atomic mass is 35.5. The van der Waals surface area contributed by atoms with Gasteiger partial charge in [0, 0.05) is 18.7 Å². The topological polar surface area (TPSA) is 69.5 Å². The zero-order valence-electron chi connectivity index (χ0n) is 19.0. The molecule has 0 bridgehead atoms. The number of likely N-dealkylation sites (N-methyl/N-ethyl adjacent to an activating group) is 1. The molecule has 0 radical (unpaired) electrons. The maximum absolute atomic E-state index is 12.9. The second-order valence-electron chi connectivity index (χ2n) is 8.65. The Morgan fingerprint density at radius 1 is 1.12 bits per heavy atom. The Hall–Kier alpha value is -2.71. The van der Waals surface area contributed by atoms with Crippen LogP contribution in [-0.2, 0) is 4.79 Å². The molecule has 1 aliphatic heterocycles. The molecule has 1 saturated carbocycles. The molecule has 3 aromatic rings. The van der Waals surface area contributed by atoms with Gasteiger partial charge in [-0.15, -0.1) is 10.2 Å². The van der Waals surface area contributed by atoms with Gasteiger partial charge >= 0.3 is 0 Å². The predicted molar refractivity (Wildman–Crippen MR) is 133 cm³/mol. The van der Waals surface area contributed by atoms with Gasteiger partial charge in [0.2, 0.25) is 5.91 Å². The van der Waals surface area contributed by atoms with E-state index >= 15 is 0 Å². The van der Waals surface area contributed by atoms with Crippen molar-refractivity contribution in [2.24, 2.45) is 0 Å². The fourth-order valence-electron chi connectivity index (χ4n) is 4.49. The molecule has 1 amide bonds. The summed E-state index contributed by atoms with van der Waals surface area (Å²) in [5.74, 6) is 2.50. The number of hydrogen-bond acceptors (Lipinski definition) is 6. The minimum absolute atomic E-state index is 0.00715. The van der Waals surface area contributed by atoms with Gasteiger partial charge in [0.1, 0.15) is 6.61 Å². The molecule has 1 aromatic heterocycles. The van der Waals surface area contributed by atoms with Crippen LogP contribution in [0.3, 0.4) is 0 Å². The van der Waals surface area contributed by atoms with Crippen molar-refractivity contribution in [1.29, 1.82) is 0 Å². The zero-order valence-corrected chi connectivity index (χ0v) is 20.6. The Bertz CT molecular complexity index is 1160. The molecule has 0 unspecified atom stereocenters. The monoisotopic (exact) mass is 498 g/mol.